The summed E-state index contributed by atoms with van der Waals surface area (Å²) < 4.78 is 2.53. The number of nitrogens with zero attached hydrogens (tertiary/aromatic N) is 3. The van der Waals surface area contributed by atoms with Crippen LogP contribution in [-0.4, -0.2) is 16.3 Å². The van der Waals surface area contributed by atoms with Gasteiger partial charge in [-0.2, -0.15) is 4.73 Å². The zero-order valence-electron chi connectivity index (χ0n) is 16.1. The molecule has 3 aromatic heterocycles. The normalized spacial score (nSPS) is 11.0. The van der Waals surface area contributed by atoms with Gasteiger partial charge in [0.15, 0.2) is 0 Å². The molecule has 0 aliphatic carbocycles. The quantitative estimate of drug-likeness (QED) is 0.199. The van der Waals surface area contributed by atoms with E-state index in [1.165, 1.54) is 18.5 Å². The number of amides is 1. The lowest BCUT2D eigenvalue weighted by Gasteiger charge is -2.08. The predicted octanol–water partition coefficient (Wildman–Crippen LogP) is 3.74. The van der Waals surface area contributed by atoms with Crippen LogP contribution in [-0.2, 0) is 11.3 Å². The van der Waals surface area contributed by atoms with Gasteiger partial charge in [0.25, 0.3) is 17.3 Å². The van der Waals surface area contributed by atoms with Gasteiger partial charge in [0, 0.05) is 10.6 Å². The van der Waals surface area contributed by atoms with Gasteiger partial charge in [-0.3, -0.25) is 9.59 Å². The minimum absolute atomic E-state index is 0.0109. The number of rotatable bonds is 5. The van der Waals surface area contributed by atoms with E-state index < -0.39 is 11.7 Å². The van der Waals surface area contributed by atoms with Crippen molar-refractivity contribution in [1.29, 1.82) is 0 Å². The van der Waals surface area contributed by atoms with E-state index in [1.54, 1.807) is 34.9 Å². The van der Waals surface area contributed by atoms with E-state index in [-0.39, 0.29) is 38.9 Å². The first-order chi connectivity index (χ1) is 15.3. The number of halogens is 3. The minimum Gasteiger partial charge on any atom is -0.711 e. The van der Waals surface area contributed by atoms with E-state index in [0.29, 0.717) is 14.5 Å². The number of benzene rings is 1. The molecule has 0 atom stereocenters. The largest absolute Gasteiger partial charge is 0.711 e. The predicted molar refractivity (Wildman–Crippen MR) is 120 cm³/mol. The zero-order chi connectivity index (χ0) is 23.0. The summed E-state index contributed by atoms with van der Waals surface area (Å²) in [7, 11) is 0. The van der Waals surface area contributed by atoms with Gasteiger partial charge in [-0.05, 0) is 18.2 Å². The standard InChI is InChI=1S/C21H13Cl3N4O4/c22-15-6-2-1-4-12(15)8-26-9-14(13-5-3-7-28(32)21(13)26)19(29)20(30)25-18-16(23)10-27(31)11-17(18)24/h1-7,9-11H,8H2,(H,25,30). The molecule has 0 aliphatic rings. The topological polar surface area (TPSA) is 105 Å². The number of carbonyl (C=O) groups excluding carboxylic acids is 2. The van der Waals surface area contributed by atoms with Crippen LogP contribution in [0.4, 0.5) is 5.69 Å². The summed E-state index contributed by atoms with van der Waals surface area (Å²) in [5.41, 5.74) is 0.855. The Morgan fingerprint density at radius 3 is 2.34 bits per heavy atom. The lowest BCUT2D eigenvalue weighted by Crippen LogP contribution is -2.28. The van der Waals surface area contributed by atoms with Gasteiger partial charge in [0.2, 0.25) is 12.4 Å². The van der Waals surface area contributed by atoms with Crippen LogP contribution in [0.2, 0.25) is 15.1 Å². The van der Waals surface area contributed by atoms with Crippen LogP contribution >= 0.6 is 34.8 Å². The molecule has 0 fully saturated rings. The number of Topliss-reactive ketones (excluding diaryl/α,β-unsaturated/α-hetero) is 1. The van der Waals surface area contributed by atoms with Crippen LogP contribution in [0.3, 0.4) is 0 Å². The van der Waals surface area contributed by atoms with Crippen LogP contribution < -0.4 is 14.8 Å². The van der Waals surface area contributed by atoms with Crippen LogP contribution in [0, 0.1) is 10.4 Å². The highest BCUT2D eigenvalue weighted by Crippen LogP contribution is 2.29. The fraction of sp³-hybridized carbons (Fsp3) is 0.0476. The third-order valence-electron chi connectivity index (χ3n) is 4.73. The number of nitrogens with one attached hydrogen (secondary N) is 1. The van der Waals surface area contributed by atoms with Gasteiger partial charge in [-0.25, -0.2) is 9.30 Å². The molecule has 0 radical (unpaired) electrons. The van der Waals surface area contributed by atoms with E-state index in [4.69, 9.17) is 34.8 Å². The molecule has 0 aliphatic heterocycles. The summed E-state index contributed by atoms with van der Waals surface area (Å²) in [5, 5.41) is 26.7. The van der Waals surface area contributed by atoms with Crippen molar-refractivity contribution >= 4 is 63.2 Å². The molecular formula is C21H13Cl3N4O4. The number of aromatic nitrogens is 3. The fourth-order valence-electron chi connectivity index (χ4n) is 3.29. The molecule has 0 spiro atoms. The molecule has 0 saturated carbocycles. The number of hydrogen-bond acceptors (Lipinski definition) is 4. The van der Waals surface area contributed by atoms with Gasteiger partial charge in [0.05, 0.1) is 22.8 Å². The maximum atomic E-state index is 13.0. The molecule has 1 aromatic carbocycles. The average molecular weight is 492 g/mol. The number of fused-ring (bicyclic) bond motifs is 1. The Hall–Kier alpha value is -3.33. The van der Waals surface area contributed by atoms with Gasteiger partial charge < -0.3 is 15.7 Å². The molecular weight excluding hydrogens is 479 g/mol. The summed E-state index contributed by atoms with van der Waals surface area (Å²) in [4.78, 5) is 25.7. The molecule has 3 heterocycles. The fourth-order valence-corrected chi connectivity index (χ4v) is 4.02. The summed E-state index contributed by atoms with van der Waals surface area (Å²) in [6.07, 6.45) is 4.69. The summed E-state index contributed by atoms with van der Waals surface area (Å²) >= 11 is 18.2. The number of pyridine rings is 2. The van der Waals surface area contributed by atoms with Crippen molar-refractivity contribution in [2.45, 2.75) is 6.54 Å². The van der Waals surface area contributed by atoms with Crippen LogP contribution in [0.15, 0.2) is 61.2 Å². The summed E-state index contributed by atoms with van der Waals surface area (Å²) in [6, 6.07) is 10.1. The minimum atomic E-state index is -1.03. The Bertz CT molecular complexity index is 1360. The van der Waals surface area contributed by atoms with E-state index in [9.17, 15) is 20.0 Å². The van der Waals surface area contributed by atoms with Crippen molar-refractivity contribution in [2.75, 3.05) is 5.32 Å². The number of carbonyl (C=O) groups is 2. The van der Waals surface area contributed by atoms with Crippen molar-refractivity contribution in [3.05, 3.63) is 97.8 Å². The average Bonchev–Trinajstić information content (AvgIpc) is 3.11. The monoisotopic (exact) mass is 490 g/mol. The first kappa shape index (κ1) is 21.9. The van der Waals surface area contributed by atoms with Crippen molar-refractivity contribution in [3.63, 3.8) is 0 Å². The Morgan fingerprint density at radius 1 is 0.969 bits per heavy atom. The summed E-state index contributed by atoms with van der Waals surface area (Å²) in [5.74, 6) is -1.94. The third kappa shape index (κ3) is 4.08. The van der Waals surface area contributed by atoms with Crippen LogP contribution in [0.5, 0.6) is 0 Å². The van der Waals surface area contributed by atoms with Gasteiger partial charge in [-0.1, -0.05) is 53.0 Å². The van der Waals surface area contributed by atoms with Gasteiger partial charge >= 0.3 is 0 Å². The number of hydrogen-bond donors (Lipinski definition) is 1. The smallest absolute Gasteiger partial charge is 0.297 e. The molecule has 4 rings (SSSR count). The Morgan fingerprint density at radius 2 is 1.66 bits per heavy atom. The number of ketones is 1. The molecule has 0 unspecified atom stereocenters. The molecule has 4 aromatic rings. The molecule has 8 nitrogen and oxygen atoms in total. The second kappa shape index (κ2) is 8.66. The zero-order valence-corrected chi connectivity index (χ0v) is 18.4. The maximum absolute atomic E-state index is 13.0. The Balaban J connectivity index is 1.73. The first-order valence-corrected chi connectivity index (χ1v) is 10.3. The molecule has 0 saturated heterocycles. The van der Waals surface area contributed by atoms with E-state index in [2.05, 4.69) is 5.32 Å². The maximum Gasteiger partial charge on any atom is 0.297 e. The Kier molecular flexibility index (Phi) is 5.92. The lowest BCUT2D eigenvalue weighted by molar-refractivity contribution is -0.605. The molecule has 1 amide bonds. The van der Waals surface area contributed by atoms with Crippen LogP contribution in [0.25, 0.3) is 11.0 Å². The highest BCUT2D eigenvalue weighted by atomic mass is 35.5. The highest BCUT2D eigenvalue weighted by Gasteiger charge is 2.28. The molecule has 162 valence electrons. The second-order valence-corrected chi connectivity index (χ2v) is 8.03. The lowest BCUT2D eigenvalue weighted by atomic mass is 10.1. The van der Waals surface area contributed by atoms with E-state index in [0.717, 1.165) is 18.0 Å². The van der Waals surface area contributed by atoms with Crippen molar-refractivity contribution in [2.24, 2.45) is 0 Å². The SMILES string of the molecule is O=C(Nc1c(Cl)c[n+]([O-])cc1Cl)C(=O)c1cn(Cc2ccccc2Cl)c2c1ccc[n+]2[O-]. The first-order valence-electron chi connectivity index (χ1n) is 9.14. The van der Waals surface area contributed by atoms with Gasteiger partial charge in [0.1, 0.15) is 22.8 Å². The third-order valence-corrected chi connectivity index (χ3v) is 5.67. The van der Waals surface area contributed by atoms with Crippen molar-refractivity contribution in [1.82, 2.24) is 4.57 Å². The summed E-state index contributed by atoms with van der Waals surface area (Å²) in [6.45, 7) is 0.206. The van der Waals surface area contributed by atoms with E-state index in [1.807, 2.05) is 0 Å². The molecule has 32 heavy (non-hydrogen) atoms. The van der Waals surface area contributed by atoms with Crippen LogP contribution in [0.1, 0.15) is 15.9 Å². The number of anilines is 1. The Labute approximate surface area is 196 Å². The van der Waals surface area contributed by atoms with Crippen molar-refractivity contribution in [3.8, 4) is 0 Å². The highest BCUT2D eigenvalue weighted by molar-refractivity contribution is 6.50. The van der Waals surface area contributed by atoms with Crippen molar-refractivity contribution < 1.29 is 19.0 Å². The second-order valence-electron chi connectivity index (χ2n) is 6.81. The molecule has 11 heteroatoms. The van der Waals surface area contributed by atoms with Gasteiger partial charge in [-0.15, -0.1) is 0 Å². The molecule has 0 bridgehead atoms. The molecule has 1 N–H and O–H groups in total. The van der Waals surface area contributed by atoms with E-state index >= 15 is 0 Å².